The van der Waals surface area contributed by atoms with Gasteiger partial charge in [0.15, 0.2) is 9.84 Å². The Morgan fingerprint density at radius 1 is 1.15 bits per heavy atom. The number of benzene rings is 1. The van der Waals surface area contributed by atoms with Gasteiger partial charge in [-0.3, -0.25) is 4.79 Å². The first-order valence-corrected chi connectivity index (χ1v) is 13.0. The quantitative estimate of drug-likeness (QED) is 0.623. The minimum Gasteiger partial charge on any atom is -0.347 e. The van der Waals surface area contributed by atoms with Gasteiger partial charge in [-0.15, -0.1) is 0 Å². The number of aromatic nitrogens is 1. The molecule has 3 fully saturated rings. The monoisotopic (exact) mass is 486 g/mol. The highest BCUT2D eigenvalue weighted by molar-refractivity contribution is 7.91. The van der Waals surface area contributed by atoms with Crippen LogP contribution in [0, 0.1) is 11.3 Å². The first kappa shape index (κ1) is 22.7. The van der Waals surface area contributed by atoms with Gasteiger partial charge in [-0.2, -0.15) is 5.26 Å². The third kappa shape index (κ3) is 4.13. The number of likely N-dealkylation sites (tertiary alicyclic amines) is 1. The number of nitriles is 1. The largest absolute Gasteiger partial charge is 0.347 e. The van der Waals surface area contributed by atoms with Crippen LogP contribution in [0.25, 0.3) is 0 Å². The smallest absolute Gasteiger partial charge is 0.255 e. The number of hydrogen-bond donors (Lipinski definition) is 0. The number of sulfone groups is 1. The molecule has 1 aliphatic carbocycles. The molecule has 2 aromatic rings. The molecule has 3 atom stereocenters. The molecule has 1 amide bonds. The molecule has 1 aromatic heterocycles. The molecule has 2 bridgehead atoms. The Balaban J connectivity index is 1.24. The second kappa shape index (κ2) is 8.31. The maximum atomic E-state index is 13.6. The molecule has 2 saturated heterocycles. The summed E-state index contributed by atoms with van der Waals surface area (Å²) in [5.41, 5.74) is 0.625. The number of alkyl halides is 2. The summed E-state index contributed by atoms with van der Waals surface area (Å²) in [5, 5.41) is 8.98. The number of piperazine rings is 1. The molecule has 0 N–H and O–H groups in total. The van der Waals surface area contributed by atoms with Crippen molar-refractivity contribution < 1.29 is 22.0 Å². The van der Waals surface area contributed by atoms with Gasteiger partial charge in [-0.1, -0.05) is 18.2 Å². The van der Waals surface area contributed by atoms with Crippen molar-refractivity contribution in [2.75, 3.05) is 23.7 Å². The SMILES string of the molecule is N#Cc1ccc(N2C3CCC2CN(C(=O)CCS(=O)(=O)c2ccccc2C2CC2(F)F)C3)nc1. The van der Waals surface area contributed by atoms with Gasteiger partial charge in [0.25, 0.3) is 5.92 Å². The number of nitrogens with zero attached hydrogens (tertiary/aromatic N) is 4. The van der Waals surface area contributed by atoms with Crippen molar-refractivity contribution in [1.29, 1.82) is 5.26 Å². The van der Waals surface area contributed by atoms with Crippen LogP contribution in [0.5, 0.6) is 0 Å². The number of carbonyl (C=O) groups excluding carboxylic acids is 1. The standard InChI is InChI=1S/C24H24F2N4O3S/c25-24(26)11-20(24)19-3-1-2-4-21(19)34(32,33)10-9-23(31)29-14-17-6-7-18(15-29)30(17)22-8-5-16(12-27)13-28-22/h1-5,8,13,17-18,20H,6-7,9-11,14-15H2. The fraction of sp³-hybridized carbons (Fsp3) is 0.458. The van der Waals surface area contributed by atoms with E-state index in [4.69, 9.17) is 5.26 Å². The number of halogens is 2. The van der Waals surface area contributed by atoms with Gasteiger partial charge in [-0.05, 0) is 36.6 Å². The van der Waals surface area contributed by atoms with E-state index in [-0.39, 0.29) is 41.3 Å². The molecule has 10 heteroatoms. The van der Waals surface area contributed by atoms with Gasteiger partial charge in [-0.25, -0.2) is 22.2 Å². The fourth-order valence-electron chi connectivity index (χ4n) is 5.18. The van der Waals surface area contributed by atoms with Crippen LogP contribution in [0.3, 0.4) is 0 Å². The highest BCUT2D eigenvalue weighted by Gasteiger charge is 2.58. The first-order valence-electron chi connectivity index (χ1n) is 11.3. The van der Waals surface area contributed by atoms with Crippen molar-refractivity contribution in [3.8, 4) is 6.07 Å². The zero-order valence-corrected chi connectivity index (χ0v) is 19.2. The number of hydrogen-bond acceptors (Lipinski definition) is 6. The number of amides is 1. The fourth-order valence-corrected chi connectivity index (χ4v) is 6.70. The van der Waals surface area contributed by atoms with Gasteiger partial charge in [0.2, 0.25) is 5.91 Å². The lowest BCUT2D eigenvalue weighted by Crippen LogP contribution is -2.55. The lowest BCUT2D eigenvalue weighted by atomic mass is 10.1. The third-order valence-corrected chi connectivity index (χ3v) is 8.80. The molecule has 3 aliphatic rings. The Morgan fingerprint density at radius 3 is 2.41 bits per heavy atom. The zero-order chi connectivity index (χ0) is 24.1. The van der Waals surface area contributed by atoms with Crippen molar-refractivity contribution in [2.24, 2.45) is 0 Å². The second-order valence-electron chi connectivity index (χ2n) is 9.23. The molecule has 1 saturated carbocycles. The molecular weight excluding hydrogens is 462 g/mol. The highest BCUT2D eigenvalue weighted by Crippen LogP contribution is 2.56. The Hall–Kier alpha value is -3.06. The van der Waals surface area contributed by atoms with Crippen molar-refractivity contribution in [1.82, 2.24) is 9.88 Å². The molecule has 3 unspecified atom stereocenters. The minimum absolute atomic E-state index is 0.0811. The molecule has 3 heterocycles. The summed E-state index contributed by atoms with van der Waals surface area (Å²) in [7, 11) is -3.88. The molecule has 1 aromatic carbocycles. The molecule has 2 aliphatic heterocycles. The number of anilines is 1. The third-order valence-electron chi connectivity index (χ3n) is 7.02. The van der Waals surface area contributed by atoms with Gasteiger partial charge >= 0.3 is 0 Å². The van der Waals surface area contributed by atoms with Gasteiger partial charge in [0.05, 0.1) is 22.1 Å². The van der Waals surface area contributed by atoms with Gasteiger partial charge in [0.1, 0.15) is 11.9 Å². The Bertz CT molecular complexity index is 1250. The zero-order valence-electron chi connectivity index (χ0n) is 18.4. The van der Waals surface area contributed by atoms with Crippen LogP contribution < -0.4 is 4.90 Å². The molecule has 5 rings (SSSR count). The second-order valence-corrected chi connectivity index (χ2v) is 11.3. The molecule has 0 radical (unpaired) electrons. The van der Waals surface area contributed by atoms with Crippen LogP contribution in [0.2, 0.25) is 0 Å². The number of pyridine rings is 1. The Kier molecular flexibility index (Phi) is 5.55. The van der Waals surface area contributed by atoms with Crippen molar-refractivity contribution in [2.45, 2.75) is 54.5 Å². The van der Waals surface area contributed by atoms with E-state index in [0.717, 1.165) is 18.7 Å². The molecule has 34 heavy (non-hydrogen) atoms. The summed E-state index contributed by atoms with van der Waals surface area (Å²) in [5.74, 6) is -3.83. The topological polar surface area (TPSA) is 94.4 Å². The predicted octanol–water partition coefficient (Wildman–Crippen LogP) is 3.12. The molecule has 7 nitrogen and oxygen atoms in total. The Labute approximate surface area is 196 Å². The van der Waals surface area contributed by atoms with E-state index in [9.17, 15) is 22.0 Å². The van der Waals surface area contributed by atoms with E-state index in [2.05, 4.69) is 16.0 Å². The van der Waals surface area contributed by atoms with Gasteiger partial charge in [0, 0.05) is 44.2 Å². The maximum absolute atomic E-state index is 13.6. The lowest BCUT2D eigenvalue weighted by Gasteiger charge is -2.41. The van der Waals surface area contributed by atoms with E-state index in [1.165, 1.54) is 24.4 Å². The van der Waals surface area contributed by atoms with Crippen molar-refractivity contribution >= 4 is 21.6 Å². The van der Waals surface area contributed by atoms with Crippen LogP contribution in [0.15, 0.2) is 47.5 Å². The van der Waals surface area contributed by atoms with Crippen LogP contribution in [-0.2, 0) is 14.6 Å². The first-order chi connectivity index (χ1) is 16.2. The number of carbonyl (C=O) groups is 1. The Morgan fingerprint density at radius 2 is 1.82 bits per heavy atom. The summed E-state index contributed by atoms with van der Waals surface area (Å²) in [6, 6.07) is 11.6. The summed E-state index contributed by atoms with van der Waals surface area (Å²) in [6.45, 7) is 0.948. The van der Waals surface area contributed by atoms with E-state index in [1.807, 2.05) is 6.07 Å². The normalized spacial score (nSPS) is 25.1. The summed E-state index contributed by atoms with van der Waals surface area (Å²) < 4.78 is 53.1. The van der Waals surface area contributed by atoms with E-state index in [0.29, 0.717) is 18.7 Å². The van der Waals surface area contributed by atoms with Crippen molar-refractivity contribution in [3.05, 3.63) is 53.7 Å². The molecule has 0 spiro atoms. The van der Waals surface area contributed by atoms with E-state index in [1.54, 1.807) is 17.0 Å². The highest BCUT2D eigenvalue weighted by atomic mass is 32.2. The minimum atomic E-state index is -3.88. The van der Waals surface area contributed by atoms with Crippen LogP contribution in [-0.4, -0.2) is 61.1 Å². The molecular formula is C24H24F2N4O3S. The van der Waals surface area contributed by atoms with E-state index < -0.39 is 27.4 Å². The summed E-state index contributed by atoms with van der Waals surface area (Å²) in [4.78, 5) is 21.1. The average molecular weight is 487 g/mol. The van der Waals surface area contributed by atoms with Crippen LogP contribution >= 0.6 is 0 Å². The van der Waals surface area contributed by atoms with Crippen LogP contribution in [0.4, 0.5) is 14.6 Å². The van der Waals surface area contributed by atoms with E-state index >= 15 is 0 Å². The maximum Gasteiger partial charge on any atom is 0.255 e. The van der Waals surface area contributed by atoms with Crippen LogP contribution in [0.1, 0.15) is 42.7 Å². The van der Waals surface area contributed by atoms with Crippen molar-refractivity contribution in [3.63, 3.8) is 0 Å². The number of rotatable bonds is 6. The molecule has 178 valence electrons. The average Bonchev–Trinajstić information content (AvgIpc) is 3.40. The van der Waals surface area contributed by atoms with Gasteiger partial charge < -0.3 is 9.80 Å². The summed E-state index contributed by atoms with van der Waals surface area (Å²) in [6.07, 6.45) is 2.80. The predicted molar refractivity (Wildman–Crippen MR) is 120 cm³/mol. The number of fused-ring (bicyclic) bond motifs is 2. The summed E-state index contributed by atoms with van der Waals surface area (Å²) >= 11 is 0. The lowest BCUT2D eigenvalue weighted by molar-refractivity contribution is -0.131.